The molecule has 0 atom stereocenters. The van der Waals surface area contributed by atoms with Crippen LogP contribution in [0.4, 0.5) is 0 Å². The van der Waals surface area contributed by atoms with Gasteiger partial charge in [-0.15, -0.1) is 0 Å². The molecule has 0 aliphatic heterocycles. The molecule has 0 aliphatic rings. The Morgan fingerprint density at radius 1 is 1.50 bits per heavy atom. The van der Waals surface area contributed by atoms with Gasteiger partial charge in [-0.3, -0.25) is 0 Å². The van der Waals surface area contributed by atoms with E-state index in [1.807, 2.05) is 0 Å². The SMILES string of the molecule is C[SiH](C)CC[Si]. The summed E-state index contributed by atoms with van der Waals surface area (Å²) in [5.41, 5.74) is 0. The zero-order valence-electron chi connectivity index (χ0n) is 4.49. The maximum Gasteiger partial charge on any atom is 0.0302 e. The Morgan fingerprint density at radius 3 is 2.00 bits per heavy atom. The lowest BCUT2D eigenvalue weighted by molar-refractivity contribution is 1.40. The van der Waals surface area contributed by atoms with E-state index in [4.69, 9.17) is 0 Å². The number of hydrogen-bond donors (Lipinski definition) is 0. The first-order valence-electron chi connectivity index (χ1n) is 2.42. The van der Waals surface area contributed by atoms with Crippen LogP contribution in [-0.2, 0) is 0 Å². The van der Waals surface area contributed by atoms with Crippen LogP contribution in [-0.4, -0.2) is 19.0 Å². The van der Waals surface area contributed by atoms with E-state index in [-0.39, 0.29) is 8.80 Å². The maximum absolute atomic E-state index is 3.43. The standard InChI is InChI=1S/C4H11Si2/c1-6(2)4-3-5/h6H,3-4H2,1-2H3. The van der Waals surface area contributed by atoms with Crippen LogP contribution in [0.3, 0.4) is 0 Å². The Balaban J connectivity index is 2.63. The Hall–Kier alpha value is 0.434. The third-order valence-electron chi connectivity index (χ3n) is 0.722. The van der Waals surface area contributed by atoms with E-state index in [2.05, 4.69) is 23.3 Å². The van der Waals surface area contributed by atoms with Gasteiger partial charge >= 0.3 is 0 Å². The zero-order chi connectivity index (χ0) is 4.99. The molecule has 0 aliphatic carbocycles. The van der Waals surface area contributed by atoms with Crippen molar-refractivity contribution in [2.75, 3.05) is 0 Å². The highest BCUT2D eigenvalue weighted by atomic mass is 28.3. The van der Waals surface area contributed by atoms with Crippen molar-refractivity contribution in [1.82, 2.24) is 0 Å². The largest absolute Gasteiger partial charge is 0.0722 e. The lowest BCUT2D eigenvalue weighted by Crippen LogP contribution is -1.96. The Bertz CT molecular complexity index is 26.7. The first kappa shape index (κ1) is 6.43. The molecule has 0 rings (SSSR count). The highest BCUT2D eigenvalue weighted by Crippen LogP contribution is 1.91. The van der Waals surface area contributed by atoms with E-state index in [1.54, 1.807) is 0 Å². The fraction of sp³-hybridized carbons (Fsp3) is 1.00. The highest BCUT2D eigenvalue weighted by molar-refractivity contribution is 6.56. The van der Waals surface area contributed by atoms with Crippen LogP contribution < -0.4 is 0 Å². The van der Waals surface area contributed by atoms with Crippen LogP contribution in [0.2, 0.25) is 25.2 Å². The van der Waals surface area contributed by atoms with Crippen LogP contribution in [0.25, 0.3) is 0 Å². The van der Waals surface area contributed by atoms with E-state index < -0.39 is 0 Å². The molecule has 0 fully saturated rings. The molecule has 0 aromatic carbocycles. The molecule has 0 aromatic rings. The summed E-state index contributed by atoms with van der Waals surface area (Å²) < 4.78 is 0. The Morgan fingerprint density at radius 2 is 2.00 bits per heavy atom. The third-order valence-corrected chi connectivity index (χ3v) is 3.03. The lowest BCUT2D eigenvalue weighted by atomic mass is 10.9. The zero-order valence-corrected chi connectivity index (χ0v) is 6.65. The smallest absolute Gasteiger partial charge is 0.0302 e. The second-order valence-electron chi connectivity index (χ2n) is 1.93. The summed E-state index contributed by atoms with van der Waals surface area (Å²) in [5.74, 6) is 0. The van der Waals surface area contributed by atoms with Gasteiger partial charge in [-0.05, 0) is 0 Å². The lowest BCUT2D eigenvalue weighted by Gasteiger charge is -1.93. The van der Waals surface area contributed by atoms with Crippen molar-refractivity contribution in [3.05, 3.63) is 0 Å². The second-order valence-corrected chi connectivity index (χ2v) is 5.80. The summed E-state index contributed by atoms with van der Waals surface area (Å²) in [6.45, 7) is 4.72. The molecular weight excluding hydrogens is 104 g/mol. The second kappa shape index (κ2) is 3.62. The van der Waals surface area contributed by atoms with Crippen LogP contribution in [0.15, 0.2) is 0 Å². The van der Waals surface area contributed by atoms with E-state index >= 15 is 0 Å². The third kappa shape index (κ3) is 4.43. The molecule has 0 N–H and O–H groups in total. The summed E-state index contributed by atoms with van der Waals surface area (Å²) in [4.78, 5) is 0. The van der Waals surface area contributed by atoms with Gasteiger partial charge in [0.05, 0.1) is 0 Å². The quantitative estimate of drug-likeness (QED) is 0.472. The van der Waals surface area contributed by atoms with Gasteiger partial charge < -0.3 is 0 Å². The topological polar surface area (TPSA) is 0 Å². The van der Waals surface area contributed by atoms with Crippen LogP contribution in [0, 0.1) is 0 Å². The van der Waals surface area contributed by atoms with E-state index in [0.717, 1.165) is 0 Å². The van der Waals surface area contributed by atoms with Gasteiger partial charge in [0, 0.05) is 19.0 Å². The predicted octanol–water partition coefficient (Wildman–Crippen LogP) is 1.06. The minimum atomic E-state index is -0.219. The van der Waals surface area contributed by atoms with Gasteiger partial charge in [0.1, 0.15) is 0 Å². The maximum atomic E-state index is 3.43. The van der Waals surface area contributed by atoms with Crippen LogP contribution in [0.1, 0.15) is 0 Å². The average molecular weight is 115 g/mol. The van der Waals surface area contributed by atoms with Gasteiger partial charge in [-0.25, -0.2) is 0 Å². The molecule has 0 aromatic heterocycles. The molecular formula is C4H11Si2. The molecule has 0 nitrogen and oxygen atoms in total. The predicted molar refractivity (Wildman–Crippen MR) is 34.2 cm³/mol. The van der Waals surface area contributed by atoms with Crippen molar-refractivity contribution in [1.29, 1.82) is 0 Å². The minimum absolute atomic E-state index is 0.219. The fourth-order valence-corrected chi connectivity index (χ4v) is 2.60. The first-order chi connectivity index (χ1) is 2.77. The summed E-state index contributed by atoms with van der Waals surface area (Å²) in [6.07, 6.45) is 0. The Kier molecular flexibility index (Phi) is 3.88. The molecule has 2 heteroatoms. The van der Waals surface area contributed by atoms with Crippen LogP contribution >= 0.6 is 0 Å². The van der Waals surface area contributed by atoms with Crippen molar-refractivity contribution in [3.8, 4) is 0 Å². The summed E-state index contributed by atoms with van der Waals surface area (Å²) in [7, 11) is 3.21. The summed E-state index contributed by atoms with van der Waals surface area (Å²) >= 11 is 0. The van der Waals surface area contributed by atoms with Crippen molar-refractivity contribution < 1.29 is 0 Å². The van der Waals surface area contributed by atoms with E-state index in [9.17, 15) is 0 Å². The molecule has 0 amide bonds. The highest BCUT2D eigenvalue weighted by Gasteiger charge is 1.88. The van der Waals surface area contributed by atoms with Crippen molar-refractivity contribution in [2.24, 2.45) is 0 Å². The Labute approximate surface area is 45.0 Å². The van der Waals surface area contributed by atoms with E-state index in [1.165, 1.54) is 12.1 Å². The van der Waals surface area contributed by atoms with Gasteiger partial charge in [0.25, 0.3) is 0 Å². The van der Waals surface area contributed by atoms with Crippen molar-refractivity contribution in [3.63, 3.8) is 0 Å². The normalized spacial score (nSPS) is 10.0. The number of rotatable bonds is 2. The van der Waals surface area contributed by atoms with Crippen molar-refractivity contribution >= 4 is 19.0 Å². The molecule has 0 saturated carbocycles. The van der Waals surface area contributed by atoms with Crippen LogP contribution in [0.5, 0.6) is 0 Å². The average Bonchev–Trinajstić information content (AvgIpc) is 1.35. The fourth-order valence-electron chi connectivity index (χ4n) is 0.289. The van der Waals surface area contributed by atoms with Gasteiger partial charge in [-0.2, -0.15) is 0 Å². The molecule has 35 valence electrons. The molecule has 0 unspecified atom stereocenters. The molecule has 0 spiro atoms. The minimum Gasteiger partial charge on any atom is -0.0722 e. The first-order valence-corrected chi connectivity index (χ1v) is 6.25. The summed E-state index contributed by atoms with van der Waals surface area (Å²) in [6, 6.07) is 2.63. The molecule has 0 saturated heterocycles. The van der Waals surface area contributed by atoms with Gasteiger partial charge in [-0.1, -0.05) is 25.2 Å². The number of hydrogen-bond acceptors (Lipinski definition) is 0. The molecule has 3 radical (unpaired) electrons. The van der Waals surface area contributed by atoms with Gasteiger partial charge in [0.15, 0.2) is 0 Å². The van der Waals surface area contributed by atoms with Gasteiger partial charge in [0.2, 0.25) is 0 Å². The molecule has 0 heterocycles. The molecule has 0 bridgehead atoms. The monoisotopic (exact) mass is 115 g/mol. The summed E-state index contributed by atoms with van der Waals surface area (Å²) in [5, 5.41) is 0. The van der Waals surface area contributed by atoms with Crippen molar-refractivity contribution in [2.45, 2.75) is 25.2 Å². The molecule has 6 heavy (non-hydrogen) atoms. The van der Waals surface area contributed by atoms with E-state index in [0.29, 0.717) is 0 Å².